The number of methoxy groups -OCH3 is 1. The summed E-state index contributed by atoms with van der Waals surface area (Å²) in [7, 11) is 1.30. The molecule has 2 heterocycles. The van der Waals surface area contributed by atoms with Gasteiger partial charge in [-0.15, -0.1) is 0 Å². The molecule has 0 unspecified atom stereocenters. The van der Waals surface area contributed by atoms with E-state index in [1.54, 1.807) is 0 Å². The molecule has 26 heavy (non-hydrogen) atoms. The summed E-state index contributed by atoms with van der Waals surface area (Å²) in [6.45, 7) is -0.648. The molecule has 0 saturated carbocycles. The molecule has 1 aromatic heterocycles. The van der Waals surface area contributed by atoms with Gasteiger partial charge in [-0.25, -0.2) is 4.79 Å². The number of ether oxygens (including phenoxy) is 3. The van der Waals surface area contributed by atoms with Crippen LogP contribution in [0, 0.1) is 0 Å². The zero-order chi connectivity index (χ0) is 19.0. The van der Waals surface area contributed by atoms with Crippen LogP contribution in [0.15, 0.2) is 27.4 Å². The van der Waals surface area contributed by atoms with E-state index in [2.05, 4.69) is 0 Å². The Bertz CT molecular complexity index is 845. The maximum absolute atomic E-state index is 11.5. The number of benzene rings is 1. The highest BCUT2D eigenvalue weighted by Gasteiger charge is 2.45. The van der Waals surface area contributed by atoms with Gasteiger partial charge in [-0.2, -0.15) is 0 Å². The first kappa shape index (κ1) is 18.4. The Kier molecular flexibility index (Phi) is 5.03. The molecule has 2 aromatic rings. The fourth-order valence-electron chi connectivity index (χ4n) is 2.69. The third-order valence-electron chi connectivity index (χ3n) is 4.11. The smallest absolute Gasteiger partial charge is 0.336 e. The molecule has 142 valence electrons. The Morgan fingerprint density at radius 3 is 2.54 bits per heavy atom. The molecule has 0 spiro atoms. The zero-order valence-electron chi connectivity index (χ0n) is 13.6. The molecule has 1 fully saturated rings. The standard InChI is InChI=1S/C16H18O10/c1-23-7-4-6-2-3-9(18)25-14(6)15(11(7)20)26-16-13(22)12(21)10(19)8(5-17)24-16/h2-4,8,10,12-13,16-17,19-22H,5H2,1H3/t8-,10+,12+,13-,16+/m0/s1. The molecule has 1 aromatic carbocycles. The molecule has 0 aliphatic carbocycles. The molecular weight excluding hydrogens is 352 g/mol. The first-order chi connectivity index (χ1) is 12.4. The predicted molar refractivity (Wildman–Crippen MR) is 85.1 cm³/mol. The average molecular weight is 370 g/mol. The van der Waals surface area contributed by atoms with Crippen LogP contribution in [0.5, 0.6) is 17.2 Å². The highest BCUT2D eigenvalue weighted by atomic mass is 16.7. The molecule has 1 saturated heterocycles. The normalized spacial score (nSPS) is 28.9. The molecule has 1 aliphatic rings. The van der Waals surface area contributed by atoms with Gasteiger partial charge in [-0.3, -0.25) is 0 Å². The van der Waals surface area contributed by atoms with Crippen molar-refractivity contribution in [2.24, 2.45) is 0 Å². The lowest BCUT2D eigenvalue weighted by Crippen LogP contribution is -2.60. The lowest BCUT2D eigenvalue weighted by molar-refractivity contribution is -0.277. The fourth-order valence-corrected chi connectivity index (χ4v) is 2.69. The van der Waals surface area contributed by atoms with Gasteiger partial charge in [0.2, 0.25) is 17.8 Å². The quantitative estimate of drug-likeness (QED) is 0.409. The summed E-state index contributed by atoms with van der Waals surface area (Å²) in [5.74, 6) is -0.876. The molecule has 10 heteroatoms. The van der Waals surface area contributed by atoms with Crippen molar-refractivity contribution in [3.05, 3.63) is 28.6 Å². The number of aromatic hydroxyl groups is 1. The maximum Gasteiger partial charge on any atom is 0.336 e. The van der Waals surface area contributed by atoms with Gasteiger partial charge in [0.05, 0.1) is 13.7 Å². The molecule has 3 rings (SSSR count). The van der Waals surface area contributed by atoms with Gasteiger partial charge in [0.15, 0.2) is 11.3 Å². The SMILES string of the molecule is COc1cc2ccc(=O)oc2c(O[C@H]2O[C@@H](CO)[C@@H](O)[C@@H](O)[C@@H]2O)c1O. The number of hydrogen-bond donors (Lipinski definition) is 5. The van der Waals surface area contributed by atoms with Crippen molar-refractivity contribution in [3.63, 3.8) is 0 Å². The minimum absolute atomic E-state index is 0.00550. The van der Waals surface area contributed by atoms with Crippen molar-refractivity contribution in [2.75, 3.05) is 13.7 Å². The van der Waals surface area contributed by atoms with E-state index in [4.69, 9.17) is 18.6 Å². The summed E-state index contributed by atoms with van der Waals surface area (Å²) in [5.41, 5.74) is -0.839. The predicted octanol–water partition coefficient (Wildman–Crippen LogP) is -1.31. The van der Waals surface area contributed by atoms with Gasteiger partial charge in [0.1, 0.15) is 24.4 Å². The number of aliphatic hydroxyl groups is 4. The van der Waals surface area contributed by atoms with Crippen LogP contribution in [0.4, 0.5) is 0 Å². The van der Waals surface area contributed by atoms with Crippen LogP contribution in [-0.2, 0) is 4.74 Å². The van der Waals surface area contributed by atoms with Gasteiger partial charge in [0, 0.05) is 11.5 Å². The lowest BCUT2D eigenvalue weighted by Gasteiger charge is -2.39. The largest absolute Gasteiger partial charge is 0.502 e. The van der Waals surface area contributed by atoms with Crippen LogP contribution in [0.25, 0.3) is 11.0 Å². The Balaban J connectivity index is 2.06. The van der Waals surface area contributed by atoms with Gasteiger partial charge in [-0.05, 0) is 12.1 Å². The van der Waals surface area contributed by atoms with E-state index in [-0.39, 0.29) is 17.1 Å². The van der Waals surface area contributed by atoms with Crippen molar-refractivity contribution >= 4 is 11.0 Å². The molecule has 5 N–H and O–H groups in total. The molecule has 1 aliphatic heterocycles. The number of rotatable bonds is 4. The van der Waals surface area contributed by atoms with E-state index in [0.717, 1.165) is 6.07 Å². The maximum atomic E-state index is 11.5. The summed E-state index contributed by atoms with van der Waals surface area (Å²) >= 11 is 0. The number of aliphatic hydroxyl groups excluding tert-OH is 4. The van der Waals surface area contributed by atoms with Crippen LogP contribution in [0.2, 0.25) is 0 Å². The van der Waals surface area contributed by atoms with Gasteiger partial charge in [-0.1, -0.05) is 0 Å². The van der Waals surface area contributed by atoms with Crippen molar-refractivity contribution < 1.29 is 44.2 Å². The first-order valence-corrected chi connectivity index (χ1v) is 7.68. The van der Waals surface area contributed by atoms with E-state index in [1.807, 2.05) is 0 Å². The highest BCUT2D eigenvalue weighted by Crippen LogP contribution is 2.43. The van der Waals surface area contributed by atoms with E-state index in [0.29, 0.717) is 5.39 Å². The molecule has 5 atom stereocenters. The van der Waals surface area contributed by atoms with E-state index >= 15 is 0 Å². The van der Waals surface area contributed by atoms with Gasteiger partial charge < -0.3 is 44.2 Å². The van der Waals surface area contributed by atoms with Crippen molar-refractivity contribution in [3.8, 4) is 17.2 Å². The molecular formula is C16H18O10. The molecule has 0 amide bonds. The lowest BCUT2D eigenvalue weighted by atomic mass is 9.99. The number of fused-ring (bicyclic) bond motifs is 1. The minimum Gasteiger partial charge on any atom is -0.502 e. The second-order valence-electron chi connectivity index (χ2n) is 5.74. The van der Waals surface area contributed by atoms with Crippen LogP contribution in [-0.4, -0.2) is 70.0 Å². The number of phenolic OH excluding ortho intramolecular Hbond substituents is 1. The van der Waals surface area contributed by atoms with Gasteiger partial charge in [0.25, 0.3) is 0 Å². The van der Waals surface area contributed by atoms with E-state index in [1.165, 1.54) is 19.2 Å². The van der Waals surface area contributed by atoms with Crippen LogP contribution < -0.4 is 15.1 Å². The highest BCUT2D eigenvalue weighted by molar-refractivity contribution is 5.87. The third-order valence-corrected chi connectivity index (χ3v) is 4.11. The van der Waals surface area contributed by atoms with E-state index in [9.17, 15) is 30.3 Å². The summed E-state index contributed by atoms with van der Waals surface area (Å²) in [6, 6.07) is 3.99. The Hall–Kier alpha value is -2.37. The summed E-state index contributed by atoms with van der Waals surface area (Å²) in [4.78, 5) is 11.5. The molecule has 0 bridgehead atoms. The first-order valence-electron chi connectivity index (χ1n) is 7.68. The van der Waals surface area contributed by atoms with E-state index < -0.39 is 48.7 Å². The minimum atomic E-state index is -1.70. The Labute approximate surface area is 146 Å². The van der Waals surface area contributed by atoms with Crippen molar-refractivity contribution in [1.82, 2.24) is 0 Å². The summed E-state index contributed by atoms with van der Waals surface area (Å²) < 4.78 is 20.8. The summed E-state index contributed by atoms with van der Waals surface area (Å²) in [6.07, 6.45) is -7.72. The molecule has 10 nitrogen and oxygen atoms in total. The van der Waals surface area contributed by atoms with Gasteiger partial charge >= 0.3 is 5.63 Å². The van der Waals surface area contributed by atoms with Crippen molar-refractivity contribution in [2.45, 2.75) is 30.7 Å². The third kappa shape index (κ3) is 3.08. The second kappa shape index (κ2) is 7.09. The topological polar surface area (TPSA) is 159 Å². The zero-order valence-corrected chi connectivity index (χ0v) is 13.6. The molecule has 0 radical (unpaired) electrons. The summed E-state index contributed by atoms with van der Waals surface area (Å²) in [5, 5.41) is 49.6. The van der Waals surface area contributed by atoms with Crippen LogP contribution >= 0.6 is 0 Å². The van der Waals surface area contributed by atoms with Crippen LogP contribution in [0.1, 0.15) is 0 Å². The number of hydrogen-bond acceptors (Lipinski definition) is 10. The number of phenols is 1. The average Bonchev–Trinajstić information content (AvgIpc) is 2.64. The Morgan fingerprint density at radius 1 is 1.15 bits per heavy atom. The monoisotopic (exact) mass is 370 g/mol. The second-order valence-corrected chi connectivity index (χ2v) is 5.74. The Morgan fingerprint density at radius 2 is 1.88 bits per heavy atom. The fraction of sp³-hybridized carbons (Fsp3) is 0.438. The van der Waals surface area contributed by atoms with Crippen LogP contribution in [0.3, 0.4) is 0 Å². The van der Waals surface area contributed by atoms with Crippen molar-refractivity contribution in [1.29, 1.82) is 0 Å².